The minimum absolute atomic E-state index is 0.0114. The number of rotatable bonds is 10. The van der Waals surface area contributed by atoms with Gasteiger partial charge in [-0.2, -0.15) is 0 Å². The number of unbranched alkanes of at least 4 members (excludes halogenated alkanes) is 1. The van der Waals surface area contributed by atoms with E-state index in [1.807, 2.05) is 38.1 Å². The summed E-state index contributed by atoms with van der Waals surface area (Å²) in [6.07, 6.45) is 6.67. The number of hydrogen-bond acceptors (Lipinski definition) is 5. The minimum atomic E-state index is -0.0114. The van der Waals surface area contributed by atoms with Crippen molar-refractivity contribution in [2.45, 2.75) is 78.8 Å². The fourth-order valence-electron chi connectivity index (χ4n) is 5.11. The van der Waals surface area contributed by atoms with Crippen LogP contribution < -0.4 is 5.32 Å². The Bertz CT molecular complexity index is 1300. The summed E-state index contributed by atoms with van der Waals surface area (Å²) in [6.45, 7) is 12.2. The zero-order chi connectivity index (χ0) is 26.9. The largest absolute Gasteiger partial charge is 0.355 e. The first-order chi connectivity index (χ1) is 18.6. The van der Waals surface area contributed by atoms with Gasteiger partial charge in [-0.25, -0.2) is 0 Å². The third-order valence-electron chi connectivity index (χ3n) is 7.07. The monoisotopic (exact) mass is 534 g/mol. The normalized spacial score (nSPS) is 14.4. The molecule has 0 aliphatic carbocycles. The second-order valence-electron chi connectivity index (χ2n) is 9.82. The van der Waals surface area contributed by atoms with Crippen LogP contribution >= 0.6 is 11.3 Å². The number of aromatic nitrogens is 2. The predicted molar refractivity (Wildman–Crippen MR) is 158 cm³/mol. The number of fused-ring (bicyclic) bond motifs is 1. The summed E-state index contributed by atoms with van der Waals surface area (Å²) in [4.78, 5) is 18.4. The number of aryl methyl sites for hydroxylation is 1. The number of thiophene rings is 1. The van der Waals surface area contributed by atoms with E-state index in [-0.39, 0.29) is 11.9 Å². The third-order valence-corrected chi connectivity index (χ3v) is 8.23. The van der Waals surface area contributed by atoms with Crippen molar-refractivity contribution in [1.82, 2.24) is 19.9 Å². The Hall–Kier alpha value is -2.90. The van der Waals surface area contributed by atoms with Gasteiger partial charge < -0.3 is 19.3 Å². The van der Waals surface area contributed by atoms with Gasteiger partial charge in [-0.3, -0.25) is 4.79 Å². The van der Waals surface area contributed by atoms with Gasteiger partial charge in [-0.15, -0.1) is 11.3 Å². The van der Waals surface area contributed by atoms with E-state index < -0.39 is 0 Å². The number of carbonyl (C=O) groups excluding carboxylic acids is 1. The summed E-state index contributed by atoms with van der Waals surface area (Å²) in [7, 11) is 0. The van der Waals surface area contributed by atoms with Crippen molar-refractivity contribution in [3.63, 3.8) is 0 Å². The first-order valence-electron chi connectivity index (χ1n) is 14.3. The average Bonchev–Trinajstić information content (AvgIpc) is 3.69. The molecule has 3 aromatic heterocycles. The van der Waals surface area contributed by atoms with E-state index in [1.165, 1.54) is 24.1 Å². The van der Waals surface area contributed by atoms with Gasteiger partial charge in [-0.1, -0.05) is 57.5 Å². The highest BCUT2D eigenvalue weighted by Crippen LogP contribution is 2.30. The Kier molecular flexibility index (Phi) is 10.2. The molecule has 1 saturated heterocycles. The van der Waals surface area contributed by atoms with Crippen molar-refractivity contribution in [3.05, 3.63) is 64.8 Å². The van der Waals surface area contributed by atoms with Crippen molar-refractivity contribution < 1.29 is 9.32 Å². The number of benzene rings is 1. The zero-order valence-electron chi connectivity index (χ0n) is 23.3. The van der Waals surface area contributed by atoms with Crippen LogP contribution in [0.4, 0.5) is 0 Å². The van der Waals surface area contributed by atoms with E-state index in [0.717, 1.165) is 66.1 Å². The van der Waals surface area contributed by atoms with Crippen LogP contribution in [-0.4, -0.2) is 46.2 Å². The van der Waals surface area contributed by atoms with Gasteiger partial charge in [0, 0.05) is 41.0 Å². The lowest BCUT2D eigenvalue weighted by Gasteiger charge is -2.32. The molecule has 4 aromatic rings. The quantitative estimate of drug-likeness (QED) is 0.231. The highest BCUT2D eigenvalue weighted by molar-refractivity contribution is 7.15. The predicted octanol–water partition coefficient (Wildman–Crippen LogP) is 7.38. The van der Waals surface area contributed by atoms with Crippen molar-refractivity contribution in [2.24, 2.45) is 0 Å². The van der Waals surface area contributed by atoms with Crippen LogP contribution in [0.1, 0.15) is 80.9 Å². The third kappa shape index (κ3) is 6.75. The first kappa shape index (κ1) is 28.1. The summed E-state index contributed by atoms with van der Waals surface area (Å²) in [6, 6.07) is 16.7. The molecule has 1 aliphatic rings. The Labute approximate surface area is 231 Å². The average molecular weight is 535 g/mol. The SMILES string of the molecule is CC.CCCCc1ccc(-c2cc(Cn3c(C(=O)NC4CCN(CCC)CC4)cc4ccccc43)no2)s1. The van der Waals surface area contributed by atoms with E-state index in [1.54, 1.807) is 11.3 Å². The maximum Gasteiger partial charge on any atom is 0.268 e. The molecule has 38 heavy (non-hydrogen) atoms. The van der Waals surface area contributed by atoms with E-state index in [9.17, 15) is 4.79 Å². The summed E-state index contributed by atoms with van der Waals surface area (Å²) in [5, 5.41) is 8.73. The number of likely N-dealkylation sites (tertiary alicyclic amines) is 1. The van der Waals surface area contributed by atoms with Gasteiger partial charge in [-0.05, 0) is 62.9 Å². The number of amides is 1. The molecule has 1 aliphatic heterocycles. The van der Waals surface area contributed by atoms with Gasteiger partial charge in [0.1, 0.15) is 11.4 Å². The molecular formula is C31H42N4O2S. The van der Waals surface area contributed by atoms with Gasteiger partial charge in [0.2, 0.25) is 0 Å². The molecule has 0 atom stereocenters. The molecule has 1 N–H and O–H groups in total. The Morgan fingerprint density at radius 1 is 1.08 bits per heavy atom. The van der Waals surface area contributed by atoms with E-state index >= 15 is 0 Å². The lowest BCUT2D eigenvalue weighted by Crippen LogP contribution is -2.45. The smallest absolute Gasteiger partial charge is 0.268 e. The molecule has 0 spiro atoms. The number of hydrogen-bond donors (Lipinski definition) is 1. The van der Waals surface area contributed by atoms with Crippen molar-refractivity contribution >= 4 is 28.1 Å². The summed E-state index contributed by atoms with van der Waals surface area (Å²) in [5.41, 5.74) is 2.52. The van der Waals surface area contributed by atoms with Gasteiger partial charge in [0.05, 0.1) is 11.4 Å². The number of piperidine rings is 1. The minimum Gasteiger partial charge on any atom is -0.355 e. The molecule has 0 saturated carbocycles. The molecule has 1 amide bonds. The van der Waals surface area contributed by atoms with Crippen LogP contribution in [0.25, 0.3) is 21.5 Å². The van der Waals surface area contributed by atoms with Gasteiger partial charge in [0.25, 0.3) is 5.91 Å². The Morgan fingerprint density at radius 2 is 1.87 bits per heavy atom. The lowest BCUT2D eigenvalue weighted by molar-refractivity contribution is 0.0902. The van der Waals surface area contributed by atoms with Crippen molar-refractivity contribution in [1.29, 1.82) is 0 Å². The summed E-state index contributed by atoms with van der Waals surface area (Å²) in [5.74, 6) is 0.779. The highest BCUT2D eigenvalue weighted by Gasteiger charge is 2.23. The van der Waals surface area contributed by atoms with Crippen LogP contribution in [0.15, 0.2) is 53.1 Å². The van der Waals surface area contributed by atoms with E-state index in [4.69, 9.17) is 4.52 Å². The molecule has 6 nitrogen and oxygen atoms in total. The van der Waals surface area contributed by atoms with E-state index in [0.29, 0.717) is 12.2 Å². The lowest BCUT2D eigenvalue weighted by atomic mass is 10.0. The topological polar surface area (TPSA) is 63.3 Å². The van der Waals surface area contributed by atoms with Crippen LogP contribution in [0.3, 0.4) is 0 Å². The molecule has 4 heterocycles. The second-order valence-corrected chi connectivity index (χ2v) is 11.0. The fraction of sp³-hybridized carbons (Fsp3) is 0.484. The standard InChI is InChI=1S/C29H36N4O2S.C2H6/c1-3-5-9-24-11-12-28(36-24)27-19-23(31-35-27)20-33-25-10-7-6-8-21(25)18-26(33)29(34)30-22-13-16-32(15-4-2)17-14-22;1-2/h6-8,10-12,18-19,22H,3-5,9,13-17,20H2,1-2H3,(H,30,34);1-2H3. The van der Waals surface area contributed by atoms with Crippen molar-refractivity contribution in [2.75, 3.05) is 19.6 Å². The van der Waals surface area contributed by atoms with Crippen LogP contribution in [0.5, 0.6) is 0 Å². The molecular weight excluding hydrogens is 492 g/mol. The highest BCUT2D eigenvalue weighted by atomic mass is 32.1. The number of para-hydroxylation sites is 1. The number of nitrogens with zero attached hydrogens (tertiary/aromatic N) is 3. The Morgan fingerprint density at radius 3 is 2.63 bits per heavy atom. The number of nitrogens with one attached hydrogen (secondary N) is 1. The van der Waals surface area contributed by atoms with E-state index in [2.05, 4.69) is 58.1 Å². The molecule has 0 bridgehead atoms. The summed E-state index contributed by atoms with van der Waals surface area (Å²) < 4.78 is 7.79. The van der Waals surface area contributed by atoms with Crippen LogP contribution in [-0.2, 0) is 13.0 Å². The van der Waals surface area contributed by atoms with Crippen LogP contribution in [0, 0.1) is 0 Å². The fourth-order valence-corrected chi connectivity index (χ4v) is 6.10. The second kappa shape index (κ2) is 13.8. The maximum absolute atomic E-state index is 13.4. The first-order valence-corrected chi connectivity index (χ1v) is 15.1. The van der Waals surface area contributed by atoms with Gasteiger partial charge >= 0.3 is 0 Å². The Balaban J connectivity index is 0.00000164. The molecule has 1 aromatic carbocycles. The molecule has 1 fully saturated rings. The number of carbonyl (C=O) groups is 1. The van der Waals surface area contributed by atoms with Gasteiger partial charge in [0.15, 0.2) is 5.76 Å². The molecule has 5 rings (SSSR count). The molecule has 204 valence electrons. The summed E-state index contributed by atoms with van der Waals surface area (Å²) >= 11 is 1.77. The molecule has 0 unspecified atom stereocenters. The molecule has 7 heteroatoms. The maximum atomic E-state index is 13.4. The zero-order valence-corrected chi connectivity index (χ0v) is 24.2. The molecule has 0 radical (unpaired) electrons. The van der Waals surface area contributed by atoms with Crippen LogP contribution in [0.2, 0.25) is 0 Å². The van der Waals surface area contributed by atoms with Crippen molar-refractivity contribution in [3.8, 4) is 10.6 Å².